The van der Waals surface area contributed by atoms with Crippen LogP contribution in [0.25, 0.3) is 0 Å². The molecule has 1 aromatic rings. The molecule has 1 saturated heterocycles. The topological polar surface area (TPSA) is 68.5 Å². The first kappa shape index (κ1) is 13.6. The Morgan fingerprint density at radius 1 is 1.47 bits per heavy atom. The third-order valence-electron chi connectivity index (χ3n) is 3.07. The summed E-state index contributed by atoms with van der Waals surface area (Å²) in [6, 6.07) is 3.74. The molecule has 0 saturated carbocycles. The third-order valence-corrected chi connectivity index (χ3v) is 3.07. The summed E-state index contributed by atoms with van der Waals surface area (Å²) in [5.74, 6) is 0.491. The standard InChI is InChI=1S/C14H21N3O2/c1-14(2,3)19-13(18)17-8-4-5-11(17)10-6-7-12(15)16-9-10/h6-7,9,11H,4-5,8H2,1-3H3,(H2,15,16). The van der Waals surface area contributed by atoms with Crippen LogP contribution in [0.5, 0.6) is 0 Å². The van der Waals surface area contributed by atoms with Crippen molar-refractivity contribution in [2.75, 3.05) is 12.3 Å². The highest BCUT2D eigenvalue weighted by atomic mass is 16.6. The van der Waals surface area contributed by atoms with Gasteiger partial charge in [0, 0.05) is 12.7 Å². The Labute approximate surface area is 113 Å². The minimum absolute atomic E-state index is 0.0444. The SMILES string of the molecule is CC(C)(C)OC(=O)N1CCCC1c1ccc(N)nc1. The maximum absolute atomic E-state index is 12.2. The van der Waals surface area contributed by atoms with Crippen molar-refractivity contribution in [2.45, 2.75) is 45.3 Å². The second-order valence-electron chi connectivity index (χ2n) is 5.85. The number of nitrogens with zero attached hydrogens (tertiary/aromatic N) is 2. The Morgan fingerprint density at radius 3 is 2.79 bits per heavy atom. The maximum atomic E-state index is 12.2. The number of nitrogens with two attached hydrogens (primary N) is 1. The van der Waals surface area contributed by atoms with Gasteiger partial charge in [-0.3, -0.25) is 0 Å². The predicted molar refractivity (Wildman–Crippen MR) is 73.6 cm³/mol. The molecule has 1 aliphatic heterocycles. The Hall–Kier alpha value is -1.78. The highest BCUT2D eigenvalue weighted by Gasteiger charge is 2.33. The summed E-state index contributed by atoms with van der Waals surface area (Å²) in [4.78, 5) is 18.0. The van der Waals surface area contributed by atoms with Crippen molar-refractivity contribution in [3.63, 3.8) is 0 Å². The molecule has 1 aromatic heterocycles. The number of carbonyl (C=O) groups excluding carboxylic acids is 1. The molecule has 0 aliphatic carbocycles. The maximum Gasteiger partial charge on any atom is 0.410 e. The van der Waals surface area contributed by atoms with E-state index in [0.29, 0.717) is 5.82 Å². The number of hydrogen-bond donors (Lipinski definition) is 1. The van der Waals surface area contributed by atoms with E-state index in [-0.39, 0.29) is 12.1 Å². The smallest absolute Gasteiger partial charge is 0.410 e. The summed E-state index contributed by atoms with van der Waals surface area (Å²) in [7, 11) is 0. The van der Waals surface area contributed by atoms with Crippen molar-refractivity contribution in [1.29, 1.82) is 0 Å². The summed E-state index contributed by atoms with van der Waals surface area (Å²) in [6.45, 7) is 6.35. The van der Waals surface area contributed by atoms with Gasteiger partial charge in [0.25, 0.3) is 0 Å². The van der Waals surface area contributed by atoms with Crippen LogP contribution in [0.4, 0.5) is 10.6 Å². The van der Waals surface area contributed by atoms with Crippen molar-refractivity contribution in [3.05, 3.63) is 23.9 Å². The predicted octanol–water partition coefficient (Wildman–Crippen LogP) is 2.74. The lowest BCUT2D eigenvalue weighted by atomic mass is 10.1. The summed E-state index contributed by atoms with van der Waals surface area (Å²) in [5.41, 5.74) is 6.13. The largest absolute Gasteiger partial charge is 0.444 e. The minimum atomic E-state index is -0.469. The molecule has 5 nitrogen and oxygen atoms in total. The van der Waals surface area contributed by atoms with E-state index in [4.69, 9.17) is 10.5 Å². The first-order valence-corrected chi connectivity index (χ1v) is 6.58. The van der Waals surface area contributed by atoms with Crippen LogP contribution in [-0.2, 0) is 4.74 Å². The molecule has 1 atom stereocenters. The fourth-order valence-corrected chi connectivity index (χ4v) is 2.27. The van der Waals surface area contributed by atoms with E-state index in [1.165, 1.54) is 0 Å². The number of ether oxygens (including phenoxy) is 1. The van der Waals surface area contributed by atoms with E-state index in [1.807, 2.05) is 26.8 Å². The van der Waals surface area contributed by atoms with Gasteiger partial charge in [-0.2, -0.15) is 0 Å². The van der Waals surface area contributed by atoms with Crippen LogP contribution in [0.15, 0.2) is 18.3 Å². The van der Waals surface area contributed by atoms with Gasteiger partial charge < -0.3 is 15.4 Å². The molecule has 0 spiro atoms. The van der Waals surface area contributed by atoms with Crippen molar-refractivity contribution in [1.82, 2.24) is 9.88 Å². The van der Waals surface area contributed by atoms with Crippen molar-refractivity contribution >= 4 is 11.9 Å². The van der Waals surface area contributed by atoms with E-state index in [2.05, 4.69) is 4.98 Å². The van der Waals surface area contributed by atoms with E-state index >= 15 is 0 Å². The molecule has 0 aromatic carbocycles. The molecule has 0 bridgehead atoms. The van der Waals surface area contributed by atoms with E-state index in [9.17, 15) is 4.79 Å². The molecule has 1 aliphatic rings. The van der Waals surface area contributed by atoms with E-state index < -0.39 is 5.60 Å². The number of rotatable bonds is 1. The molecular formula is C14H21N3O2. The van der Waals surface area contributed by atoms with Gasteiger partial charge in [0.1, 0.15) is 11.4 Å². The molecule has 2 rings (SSSR count). The van der Waals surface area contributed by atoms with Gasteiger partial charge in [0.2, 0.25) is 0 Å². The van der Waals surface area contributed by atoms with Gasteiger partial charge in [-0.25, -0.2) is 9.78 Å². The van der Waals surface area contributed by atoms with Crippen molar-refractivity contribution in [2.24, 2.45) is 0 Å². The third kappa shape index (κ3) is 3.36. The van der Waals surface area contributed by atoms with Crippen LogP contribution in [0.3, 0.4) is 0 Å². The normalized spacial score (nSPS) is 19.5. The van der Waals surface area contributed by atoms with Crippen LogP contribution in [-0.4, -0.2) is 28.1 Å². The summed E-state index contributed by atoms with van der Waals surface area (Å²) >= 11 is 0. The van der Waals surface area contributed by atoms with Gasteiger partial charge in [0.15, 0.2) is 0 Å². The second kappa shape index (κ2) is 5.07. The lowest BCUT2D eigenvalue weighted by Gasteiger charge is -2.28. The number of amides is 1. The first-order valence-electron chi connectivity index (χ1n) is 6.58. The van der Waals surface area contributed by atoms with Crippen LogP contribution in [0.1, 0.15) is 45.2 Å². The molecule has 2 heterocycles. The van der Waals surface area contributed by atoms with Gasteiger partial charge >= 0.3 is 6.09 Å². The number of carbonyl (C=O) groups is 1. The molecule has 5 heteroatoms. The van der Waals surface area contributed by atoms with Crippen LogP contribution >= 0.6 is 0 Å². The number of pyridine rings is 1. The molecule has 1 unspecified atom stereocenters. The highest BCUT2D eigenvalue weighted by molar-refractivity contribution is 5.69. The Balaban J connectivity index is 2.12. The van der Waals surface area contributed by atoms with Crippen molar-refractivity contribution in [3.8, 4) is 0 Å². The van der Waals surface area contributed by atoms with Gasteiger partial charge in [-0.15, -0.1) is 0 Å². The molecule has 0 radical (unpaired) electrons. The zero-order valence-corrected chi connectivity index (χ0v) is 11.7. The van der Waals surface area contributed by atoms with Gasteiger partial charge in [-0.1, -0.05) is 6.07 Å². The summed E-state index contributed by atoms with van der Waals surface area (Å²) in [5, 5.41) is 0. The average Bonchev–Trinajstić information content (AvgIpc) is 2.76. The quantitative estimate of drug-likeness (QED) is 0.845. The molecule has 104 valence electrons. The zero-order chi connectivity index (χ0) is 14.0. The minimum Gasteiger partial charge on any atom is -0.444 e. The monoisotopic (exact) mass is 263 g/mol. The van der Waals surface area contributed by atoms with Crippen molar-refractivity contribution < 1.29 is 9.53 Å². The number of hydrogen-bond acceptors (Lipinski definition) is 4. The molecule has 1 fully saturated rings. The van der Waals surface area contributed by atoms with E-state index in [1.54, 1.807) is 17.2 Å². The summed E-state index contributed by atoms with van der Waals surface area (Å²) < 4.78 is 5.44. The summed E-state index contributed by atoms with van der Waals surface area (Å²) in [6.07, 6.45) is 3.40. The average molecular weight is 263 g/mol. The Bertz CT molecular complexity index is 451. The highest BCUT2D eigenvalue weighted by Crippen LogP contribution is 2.32. The fourth-order valence-electron chi connectivity index (χ4n) is 2.27. The fraction of sp³-hybridized carbons (Fsp3) is 0.571. The molecule has 1 amide bonds. The number of aromatic nitrogens is 1. The number of nitrogen functional groups attached to an aromatic ring is 1. The first-order chi connectivity index (χ1) is 8.87. The van der Waals surface area contributed by atoms with Crippen LogP contribution < -0.4 is 5.73 Å². The van der Waals surface area contributed by atoms with E-state index in [0.717, 1.165) is 24.9 Å². The lowest BCUT2D eigenvalue weighted by molar-refractivity contribution is 0.0224. The van der Waals surface area contributed by atoms with Gasteiger partial charge in [0.05, 0.1) is 6.04 Å². The Morgan fingerprint density at radius 2 is 2.21 bits per heavy atom. The molecule has 2 N–H and O–H groups in total. The zero-order valence-electron chi connectivity index (χ0n) is 11.7. The Kier molecular flexibility index (Phi) is 3.64. The molecular weight excluding hydrogens is 242 g/mol. The van der Waals surface area contributed by atoms with Crippen LogP contribution in [0.2, 0.25) is 0 Å². The molecule has 19 heavy (non-hydrogen) atoms. The van der Waals surface area contributed by atoms with Gasteiger partial charge in [-0.05, 0) is 45.2 Å². The second-order valence-corrected chi connectivity index (χ2v) is 5.85. The lowest BCUT2D eigenvalue weighted by Crippen LogP contribution is -2.36. The van der Waals surface area contributed by atoms with Crippen LogP contribution in [0, 0.1) is 0 Å². The number of anilines is 1. The number of likely N-dealkylation sites (tertiary alicyclic amines) is 1.